The molecule has 1 atom stereocenters. The molecule has 0 saturated carbocycles. The van der Waals surface area contributed by atoms with Gasteiger partial charge in [-0.3, -0.25) is 0 Å². The molecule has 114 valence electrons. The molecule has 2 aromatic carbocycles. The van der Waals surface area contributed by atoms with Gasteiger partial charge in [0.2, 0.25) is 0 Å². The third-order valence-electron chi connectivity index (χ3n) is 4.52. The summed E-state index contributed by atoms with van der Waals surface area (Å²) >= 11 is 0. The van der Waals surface area contributed by atoms with Crippen LogP contribution in [0.4, 0.5) is 5.69 Å². The van der Waals surface area contributed by atoms with Gasteiger partial charge in [-0.25, -0.2) is 0 Å². The highest BCUT2D eigenvalue weighted by molar-refractivity contribution is 5.94. The summed E-state index contributed by atoms with van der Waals surface area (Å²) in [6.45, 7) is 10.1. The number of fused-ring (bicyclic) bond motifs is 1. The smallest absolute Gasteiger partial charge is 0.0445 e. The van der Waals surface area contributed by atoms with E-state index in [1.54, 1.807) is 0 Å². The van der Waals surface area contributed by atoms with Crippen LogP contribution in [0.15, 0.2) is 42.5 Å². The standard InChI is InChI=1S/C19H28N2/c1-5-19(3,14-20-4)15-21(6-2)18-13-9-11-16-10-7-8-12-17(16)18/h7-13,20H,5-6,14-15H2,1-4H3. The monoisotopic (exact) mass is 284 g/mol. The van der Waals surface area contributed by atoms with Gasteiger partial charge in [0.1, 0.15) is 0 Å². The number of benzene rings is 2. The highest BCUT2D eigenvalue weighted by Crippen LogP contribution is 2.30. The zero-order valence-electron chi connectivity index (χ0n) is 13.8. The Balaban J connectivity index is 2.35. The molecule has 0 spiro atoms. The van der Waals surface area contributed by atoms with Gasteiger partial charge in [-0.2, -0.15) is 0 Å². The first kappa shape index (κ1) is 15.8. The fourth-order valence-electron chi connectivity index (χ4n) is 3.03. The summed E-state index contributed by atoms with van der Waals surface area (Å²) in [4.78, 5) is 2.52. The molecule has 0 heterocycles. The van der Waals surface area contributed by atoms with E-state index in [9.17, 15) is 0 Å². The molecule has 2 heteroatoms. The Hall–Kier alpha value is -1.54. The van der Waals surface area contributed by atoms with Crippen molar-refractivity contribution in [2.24, 2.45) is 5.41 Å². The van der Waals surface area contributed by atoms with Gasteiger partial charge < -0.3 is 10.2 Å². The number of rotatable bonds is 7. The summed E-state index contributed by atoms with van der Waals surface area (Å²) in [5, 5.41) is 6.02. The second kappa shape index (κ2) is 6.95. The molecule has 21 heavy (non-hydrogen) atoms. The van der Waals surface area contributed by atoms with Crippen LogP contribution in [-0.4, -0.2) is 26.7 Å². The van der Waals surface area contributed by atoms with Crippen molar-refractivity contribution in [1.82, 2.24) is 5.32 Å². The van der Waals surface area contributed by atoms with Gasteiger partial charge in [0, 0.05) is 30.7 Å². The summed E-state index contributed by atoms with van der Waals surface area (Å²) < 4.78 is 0. The van der Waals surface area contributed by atoms with E-state index in [-0.39, 0.29) is 0 Å². The van der Waals surface area contributed by atoms with Crippen LogP contribution in [-0.2, 0) is 0 Å². The molecule has 1 N–H and O–H groups in total. The number of hydrogen-bond acceptors (Lipinski definition) is 2. The van der Waals surface area contributed by atoms with Gasteiger partial charge in [0.15, 0.2) is 0 Å². The highest BCUT2D eigenvalue weighted by Gasteiger charge is 2.24. The van der Waals surface area contributed by atoms with E-state index < -0.39 is 0 Å². The van der Waals surface area contributed by atoms with Crippen molar-refractivity contribution in [2.75, 3.05) is 31.6 Å². The molecular weight excluding hydrogens is 256 g/mol. The second-order valence-electron chi connectivity index (χ2n) is 6.21. The number of hydrogen-bond donors (Lipinski definition) is 1. The fourth-order valence-corrected chi connectivity index (χ4v) is 3.03. The maximum Gasteiger partial charge on any atom is 0.0445 e. The van der Waals surface area contributed by atoms with Crippen LogP contribution in [0.2, 0.25) is 0 Å². The molecule has 0 aliphatic heterocycles. The van der Waals surface area contributed by atoms with Crippen LogP contribution in [0.3, 0.4) is 0 Å². The Morgan fingerprint density at radius 3 is 2.43 bits per heavy atom. The molecule has 0 aromatic heterocycles. The molecule has 0 amide bonds. The minimum atomic E-state index is 0.293. The van der Waals surface area contributed by atoms with Crippen molar-refractivity contribution in [1.29, 1.82) is 0 Å². The normalized spacial score (nSPS) is 14.1. The minimum absolute atomic E-state index is 0.293. The van der Waals surface area contributed by atoms with E-state index in [4.69, 9.17) is 0 Å². The Bertz CT molecular complexity index is 573. The van der Waals surface area contributed by atoms with Gasteiger partial charge in [-0.05, 0) is 37.3 Å². The van der Waals surface area contributed by atoms with Crippen molar-refractivity contribution in [3.8, 4) is 0 Å². The first-order valence-electron chi connectivity index (χ1n) is 8.01. The molecule has 0 saturated heterocycles. The molecule has 0 fully saturated rings. The van der Waals surface area contributed by atoms with Gasteiger partial charge in [0.05, 0.1) is 0 Å². The zero-order chi connectivity index (χ0) is 15.3. The van der Waals surface area contributed by atoms with Crippen molar-refractivity contribution < 1.29 is 0 Å². The quantitative estimate of drug-likeness (QED) is 0.815. The van der Waals surface area contributed by atoms with Crippen LogP contribution >= 0.6 is 0 Å². The van der Waals surface area contributed by atoms with E-state index in [1.165, 1.54) is 22.9 Å². The lowest BCUT2D eigenvalue weighted by Gasteiger charge is -2.36. The molecule has 2 rings (SSSR count). The molecule has 0 aliphatic rings. The summed E-state index contributed by atoms with van der Waals surface area (Å²) in [5.41, 5.74) is 1.65. The van der Waals surface area contributed by atoms with Gasteiger partial charge >= 0.3 is 0 Å². The lowest BCUT2D eigenvalue weighted by molar-refractivity contribution is 0.305. The highest BCUT2D eigenvalue weighted by atomic mass is 15.1. The van der Waals surface area contributed by atoms with Crippen molar-refractivity contribution in [3.63, 3.8) is 0 Å². The largest absolute Gasteiger partial charge is 0.371 e. The molecule has 0 radical (unpaired) electrons. The van der Waals surface area contributed by atoms with E-state index in [2.05, 4.69) is 73.5 Å². The molecule has 1 unspecified atom stereocenters. The Kier molecular flexibility index (Phi) is 5.24. The van der Waals surface area contributed by atoms with E-state index >= 15 is 0 Å². The number of anilines is 1. The summed E-state index contributed by atoms with van der Waals surface area (Å²) in [5.74, 6) is 0. The predicted octanol–water partition coefficient (Wildman–Crippen LogP) is 4.30. The van der Waals surface area contributed by atoms with Gasteiger partial charge in [0.25, 0.3) is 0 Å². The molecule has 2 aromatic rings. The van der Waals surface area contributed by atoms with Crippen LogP contribution in [0.5, 0.6) is 0 Å². The SMILES string of the molecule is CCN(CC(C)(CC)CNC)c1cccc2ccccc12. The third kappa shape index (κ3) is 3.56. The molecular formula is C19H28N2. The van der Waals surface area contributed by atoms with Gasteiger partial charge in [-0.15, -0.1) is 0 Å². The average molecular weight is 284 g/mol. The van der Waals surface area contributed by atoms with Crippen LogP contribution in [0.25, 0.3) is 10.8 Å². The van der Waals surface area contributed by atoms with Crippen LogP contribution in [0.1, 0.15) is 27.2 Å². The predicted molar refractivity (Wildman–Crippen MR) is 94.2 cm³/mol. The second-order valence-corrected chi connectivity index (χ2v) is 6.21. The van der Waals surface area contributed by atoms with Crippen molar-refractivity contribution >= 4 is 16.5 Å². The van der Waals surface area contributed by atoms with Gasteiger partial charge in [-0.1, -0.05) is 50.2 Å². The first-order chi connectivity index (χ1) is 10.1. The molecule has 0 bridgehead atoms. The Labute approximate surface area is 129 Å². The minimum Gasteiger partial charge on any atom is -0.371 e. The third-order valence-corrected chi connectivity index (χ3v) is 4.52. The Morgan fingerprint density at radius 2 is 1.76 bits per heavy atom. The van der Waals surface area contributed by atoms with Crippen molar-refractivity contribution in [3.05, 3.63) is 42.5 Å². The summed E-state index contributed by atoms with van der Waals surface area (Å²) in [6.07, 6.45) is 1.18. The van der Waals surface area contributed by atoms with Crippen LogP contribution in [0, 0.1) is 5.41 Å². The summed E-state index contributed by atoms with van der Waals surface area (Å²) in [6, 6.07) is 15.3. The van der Waals surface area contributed by atoms with Crippen LogP contribution < -0.4 is 10.2 Å². The lowest BCUT2D eigenvalue weighted by atomic mass is 9.86. The molecule has 0 aliphatic carbocycles. The number of nitrogens with zero attached hydrogens (tertiary/aromatic N) is 1. The Morgan fingerprint density at radius 1 is 1.05 bits per heavy atom. The van der Waals surface area contributed by atoms with E-state index in [0.717, 1.165) is 19.6 Å². The fraction of sp³-hybridized carbons (Fsp3) is 0.474. The maximum atomic E-state index is 3.35. The average Bonchev–Trinajstić information content (AvgIpc) is 2.52. The summed E-state index contributed by atoms with van der Waals surface area (Å²) in [7, 11) is 2.04. The molecule has 2 nitrogen and oxygen atoms in total. The maximum absolute atomic E-state index is 3.35. The first-order valence-corrected chi connectivity index (χ1v) is 8.01. The topological polar surface area (TPSA) is 15.3 Å². The zero-order valence-corrected chi connectivity index (χ0v) is 13.8. The van der Waals surface area contributed by atoms with Crippen molar-refractivity contribution in [2.45, 2.75) is 27.2 Å². The van der Waals surface area contributed by atoms with E-state index in [0.29, 0.717) is 5.41 Å². The van der Waals surface area contributed by atoms with E-state index in [1.807, 2.05) is 7.05 Å². The lowest BCUT2D eigenvalue weighted by Crippen LogP contribution is -2.41. The number of nitrogens with one attached hydrogen (secondary N) is 1.